The Morgan fingerprint density at radius 1 is 0.903 bits per heavy atom. The lowest BCUT2D eigenvalue weighted by atomic mass is 10.0. The summed E-state index contributed by atoms with van der Waals surface area (Å²) in [7, 11) is 1.53. The van der Waals surface area contributed by atoms with Gasteiger partial charge in [0.05, 0.1) is 30.0 Å². The topological polar surface area (TPSA) is 82.4 Å². The molecular weight excluding hydrogens is 397 g/mol. The maximum Gasteiger partial charge on any atom is 0.282 e. The van der Waals surface area contributed by atoms with Gasteiger partial charge in [-0.3, -0.25) is 9.59 Å². The number of anilines is 2. The number of amides is 2. The molecule has 3 aromatic rings. The highest BCUT2D eigenvalue weighted by Gasteiger charge is 2.40. The normalized spacial score (nSPS) is 13.4. The molecule has 1 N–H and O–H groups in total. The number of halogens is 1. The Labute approximate surface area is 177 Å². The Kier molecular flexibility index (Phi) is 5.21. The van der Waals surface area contributed by atoms with E-state index >= 15 is 0 Å². The highest BCUT2D eigenvalue weighted by molar-refractivity contribution is 6.46. The average Bonchev–Trinajstić information content (AvgIpc) is 3.04. The molecule has 31 heavy (non-hydrogen) atoms. The molecule has 0 unspecified atom stereocenters. The zero-order valence-corrected chi connectivity index (χ0v) is 16.4. The standard InChI is InChI=1S/C24H16FN3O3/c1-31-20-12-4-16(5-13-20)21-22(27-18-8-6-17(25)7-9-18)24(30)28(23(21)29)19-10-2-15(14-26)3-11-19/h2-13,27H,1H3. The van der Waals surface area contributed by atoms with Crippen LogP contribution >= 0.6 is 0 Å². The first-order valence-electron chi connectivity index (χ1n) is 9.32. The number of methoxy groups -OCH3 is 1. The van der Waals surface area contributed by atoms with Crippen LogP contribution in [-0.2, 0) is 9.59 Å². The largest absolute Gasteiger partial charge is 0.497 e. The van der Waals surface area contributed by atoms with E-state index in [9.17, 15) is 14.0 Å². The molecule has 1 aliphatic heterocycles. The van der Waals surface area contributed by atoms with Crippen LogP contribution in [0.25, 0.3) is 5.57 Å². The lowest BCUT2D eigenvalue weighted by Crippen LogP contribution is -2.32. The van der Waals surface area contributed by atoms with Gasteiger partial charge in [0.25, 0.3) is 11.8 Å². The van der Waals surface area contributed by atoms with Crippen LogP contribution in [-0.4, -0.2) is 18.9 Å². The van der Waals surface area contributed by atoms with Gasteiger partial charge in [0.2, 0.25) is 0 Å². The number of benzene rings is 3. The summed E-state index contributed by atoms with van der Waals surface area (Å²) < 4.78 is 18.5. The zero-order chi connectivity index (χ0) is 22.0. The van der Waals surface area contributed by atoms with Crippen molar-refractivity contribution >= 4 is 28.8 Å². The maximum absolute atomic E-state index is 13.3. The van der Waals surface area contributed by atoms with Crippen molar-refractivity contribution < 1.29 is 18.7 Å². The first kappa shape index (κ1) is 19.9. The molecule has 0 bridgehead atoms. The van der Waals surface area contributed by atoms with E-state index in [0.29, 0.717) is 28.3 Å². The molecular formula is C24H16FN3O3. The Morgan fingerprint density at radius 2 is 1.55 bits per heavy atom. The Balaban J connectivity index is 1.79. The zero-order valence-electron chi connectivity index (χ0n) is 16.4. The Bertz CT molecular complexity index is 1230. The molecule has 2 amide bonds. The monoisotopic (exact) mass is 413 g/mol. The minimum atomic E-state index is -0.551. The highest BCUT2D eigenvalue weighted by Crippen LogP contribution is 2.34. The first-order chi connectivity index (χ1) is 15.0. The third-order valence-electron chi connectivity index (χ3n) is 4.83. The summed E-state index contributed by atoms with van der Waals surface area (Å²) in [5.74, 6) is -0.865. The van der Waals surface area contributed by atoms with E-state index in [1.54, 1.807) is 36.4 Å². The van der Waals surface area contributed by atoms with Gasteiger partial charge in [0.15, 0.2) is 0 Å². The summed E-state index contributed by atoms with van der Waals surface area (Å²) in [6, 6.07) is 20.4. The molecule has 152 valence electrons. The van der Waals surface area contributed by atoms with Crippen LogP contribution in [0.2, 0.25) is 0 Å². The summed E-state index contributed by atoms with van der Waals surface area (Å²) in [5.41, 5.74) is 2.00. The van der Waals surface area contributed by atoms with Crippen molar-refractivity contribution in [2.75, 3.05) is 17.3 Å². The second-order valence-electron chi connectivity index (χ2n) is 6.71. The summed E-state index contributed by atoms with van der Waals surface area (Å²) >= 11 is 0. The van der Waals surface area contributed by atoms with Gasteiger partial charge in [-0.15, -0.1) is 0 Å². The van der Waals surface area contributed by atoms with Crippen molar-refractivity contribution in [3.8, 4) is 11.8 Å². The van der Waals surface area contributed by atoms with Crippen LogP contribution in [0, 0.1) is 17.1 Å². The number of ether oxygens (including phenoxy) is 1. The minimum Gasteiger partial charge on any atom is -0.497 e. The van der Waals surface area contributed by atoms with Crippen LogP contribution in [0.1, 0.15) is 11.1 Å². The van der Waals surface area contributed by atoms with Gasteiger partial charge in [0.1, 0.15) is 17.3 Å². The van der Waals surface area contributed by atoms with E-state index in [2.05, 4.69) is 5.32 Å². The second kappa shape index (κ2) is 8.13. The molecule has 6 nitrogen and oxygen atoms in total. The van der Waals surface area contributed by atoms with E-state index < -0.39 is 17.6 Å². The highest BCUT2D eigenvalue weighted by atomic mass is 19.1. The van der Waals surface area contributed by atoms with Gasteiger partial charge in [-0.2, -0.15) is 5.26 Å². The molecule has 0 spiro atoms. The number of imide groups is 1. The summed E-state index contributed by atoms with van der Waals surface area (Å²) in [6.45, 7) is 0. The van der Waals surface area contributed by atoms with Crippen molar-refractivity contribution in [2.45, 2.75) is 0 Å². The van der Waals surface area contributed by atoms with Crippen LogP contribution in [0.3, 0.4) is 0 Å². The number of carbonyl (C=O) groups is 2. The molecule has 0 aliphatic carbocycles. The Hall–Kier alpha value is -4.44. The quantitative estimate of drug-likeness (QED) is 0.637. The predicted molar refractivity (Wildman–Crippen MR) is 114 cm³/mol. The number of rotatable bonds is 5. The molecule has 0 saturated heterocycles. The Morgan fingerprint density at radius 3 is 2.13 bits per heavy atom. The fraction of sp³-hybridized carbons (Fsp3) is 0.0417. The number of hydrogen-bond donors (Lipinski definition) is 1. The van der Waals surface area contributed by atoms with Gasteiger partial charge < -0.3 is 10.1 Å². The van der Waals surface area contributed by atoms with Gasteiger partial charge in [-0.05, 0) is 66.2 Å². The number of hydrogen-bond acceptors (Lipinski definition) is 5. The summed E-state index contributed by atoms with van der Waals surface area (Å²) in [5, 5.41) is 12.0. The van der Waals surface area contributed by atoms with Crippen molar-refractivity contribution in [2.24, 2.45) is 0 Å². The van der Waals surface area contributed by atoms with E-state index in [1.807, 2.05) is 6.07 Å². The summed E-state index contributed by atoms with van der Waals surface area (Å²) in [4.78, 5) is 27.6. The van der Waals surface area contributed by atoms with Gasteiger partial charge in [0, 0.05) is 5.69 Å². The lowest BCUT2D eigenvalue weighted by molar-refractivity contribution is -0.120. The van der Waals surface area contributed by atoms with E-state index in [4.69, 9.17) is 10.00 Å². The molecule has 1 aliphatic rings. The number of nitrogens with one attached hydrogen (secondary N) is 1. The molecule has 0 fully saturated rings. The van der Waals surface area contributed by atoms with Crippen molar-refractivity contribution in [3.63, 3.8) is 0 Å². The van der Waals surface area contributed by atoms with E-state index in [-0.39, 0.29) is 11.3 Å². The molecule has 0 saturated carbocycles. The maximum atomic E-state index is 13.3. The van der Waals surface area contributed by atoms with Crippen LogP contribution in [0.15, 0.2) is 78.5 Å². The third-order valence-corrected chi connectivity index (χ3v) is 4.83. The fourth-order valence-electron chi connectivity index (χ4n) is 3.27. The van der Waals surface area contributed by atoms with E-state index in [0.717, 1.165) is 4.90 Å². The van der Waals surface area contributed by atoms with Crippen molar-refractivity contribution in [1.29, 1.82) is 5.26 Å². The third kappa shape index (κ3) is 3.74. The molecule has 3 aromatic carbocycles. The average molecular weight is 413 g/mol. The van der Waals surface area contributed by atoms with E-state index in [1.165, 1.54) is 43.5 Å². The smallest absolute Gasteiger partial charge is 0.282 e. The molecule has 0 aromatic heterocycles. The molecule has 7 heteroatoms. The molecule has 0 radical (unpaired) electrons. The molecule has 1 heterocycles. The number of carbonyl (C=O) groups excluding carboxylic acids is 2. The van der Waals surface area contributed by atoms with Crippen LogP contribution in [0.4, 0.5) is 15.8 Å². The second-order valence-corrected chi connectivity index (χ2v) is 6.71. The number of nitriles is 1. The summed E-state index contributed by atoms with van der Waals surface area (Å²) in [6.07, 6.45) is 0. The first-order valence-corrected chi connectivity index (χ1v) is 9.32. The van der Waals surface area contributed by atoms with Gasteiger partial charge in [-0.1, -0.05) is 12.1 Å². The van der Waals surface area contributed by atoms with Gasteiger partial charge >= 0.3 is 0 Å². The SMILES string of the molecule is COc1ccc(C2=C(Nc3ccc(F)cc3)C(=O)N(c3ccc(C#N)cc3)C2=O)cc1. The molecule has 0 atom stereocenters. The van der Waals surface area contributed by atoms with Crippen LogP contribution in [0.5, 0.6) is 5.75 Å². The predicted octanol–water partition coefficient (Wildman–Crippen LogP) is 4.10. The van der Waals surface area contributed by atoms with Crippen molar-refractivity contribution in [1.82, 2.24) is 0 Å². The lowest BCUT2D eigenvalue weighted by Gasteiger charge is -2.15. The van der Waals surface area contributed by atoms with Crippen molar-refractivity contribution in [3.05, 3.63) is 95.4 Å². The minimum absolute atomic E-state index is 0.0751. The number of nitrogens with zero attached hydrogens (tertiary/aromatic N) is 2. The molecule has 4 rings (SSSR count). The van der Waals surface area contributed by atoms with Crippen LogP contribution < -0.4 is 15.0 Å². The van der Waals surface area contributed by atoms with Gasteiger partial charge in [-0.25, -0.2) is 9.29 Å². The fourth-order valence-corrected chi connectivity index (χ4v) is 3.27.